The van der Waals surface area contributed by atoms with Gasteiger partial charge in [-0.1, -0.05) is 64.9 Å². The molecule has 0 unspecified atom stereocenters. The first-order valence-electron chi connectivity index (χ1n) is 10.8. The number of pyridine rings is 2. The number of hydrogen-bond acceptors (Lipinski definition) is 7. The molecule has 1 fully saturated rings. The van der Waals surface area contributed by atoms with E-state index in [4.69, 9.17) is 9.51 Å². The van der Waals surface area contributed by atoms with Gasteiger partial charge in [0.2, 0.25) is 11.7 Å². The van der Waals surface area contributed by atoms with Gasteiger partial charge in [-0.25, -0.2) is 0 Å². The van der Waals surface area contributed by atoms with Crippen LogP contribution in [0.5, 0.6) is 0 Å². The highest BCUT2D eigenvalue weighted by Crippen LogP contribution is 2.59. The average molecular weight is 451 g/mol. The third-order valence-corrected chi connectivity index (χ3v) is 7.67. The minimum atomic E-state index is -0.271. The number of para-hydroxylation sites is 1. The van der Waals surface area contributed by atoms with E-state index >= 15 is 0 Å². The summed E-state index contributed by atoms with van der Waals surface area (Å²) in [6.45, 7) is 2.06. The number of thioether (sulfide) groups is 1. The van der Waals surface area contributed by atoms with Crippen molar-refractivity contribution < 1.29 is 4.52 Å². The van der Waals surface area contributed by atoms with E-state index in [0.29, 0.717) is 11.7 Å². The first-order valence-corrected chi connectivity index (χ1v) is 11.6. The molecule has 0 N–H and O–H groups in total. The van der Waals surface area contributed by atoms with E-state index in [0.717, 1.165) is 50.9 Å². The summed E-state index contributed by atoms with van der Waals surface area (Å²) in [5.74, 6) is 1.26. The van der Waals surface area contributed by atoms with Crippen molar-refractivity contribution in [3.63, 3.8) is 0 Å². The summed E-state index contributed by atoms with van der Waals surface area (Å²) in [5, 5.41) is 17.5. The fourth-order valence-electron chi connectivity index (χ4n) is 4.30. The SMILES string of the molecule is Cc1ccc(-c2noc(C3(Sc4nnc5c6ccncc6c6ccccc6n45)CC3)n2)cc1. The summed E-state index contributed by atoms with van der Waals surface area (Å²) in [6, 6.07) is 18.5. The van der Waals surface area contributed by atoms with Gasteiger partial charge in [-0.05, 0) is 31.9 Å². The van der Waals surface area contributed by atoms with E-state index in [9.17, 15) is 0 Å². The first-order chi connectivity index (χ1) is 16.2. The van der Waals surface area contributed by atoms with Crippen LogP contribution >= 0.6 is 11.8 Å². The molecule has 6 aromatic rings. The minimum absolute atomic E-state index is 0.271. The topological polar surface area (TPSA) is 82.0 Å². The highest BCUT2D eigenvalue weighted by molar-refractivity contribution is 8.00. The van der Waals surface area contributed by atoms with E-state index in [1.165, 1.54) is 5.56 Å². The lowest BCUT2D eigenvalue weighted by molar-refractivity contribution is 0.373. The quantitative estimate of drug-likeness (QED) is 0.325. The van der Waals surface area contributed by atoms with E-state index in [-0.39, 0.29) is 4.75 Å². The summed E-state index contributed by atoms with van der Waals surface area (Å²) >= 11 is 1.66. The smallest absolute Gasteiger partial charge is 0.243 e. The van der Waals surface area contributed by atoms with Crippen molar-refractivity contribution in [2.24, 2.45) is 0 Å². The van der Waals surface area contributed by atoms with Crippen LogP contribution in [0.4, 0.5) is 0 Å². The number of aryl methyl sites for hydroxylation is 1. The number of benzene rings is 2. The van der Waals surface area contributed by atoms with Gasteiger partial charge in [0.1, 0.15) is 4.75 Å². The van der Waals surface area contributed by atoms with Crippen LogP contribution in [-0.4, -0.2) is 29.7 Å². The molecular formula is C25H18N6OS. The van der Waals surface area contributed by atoms with E-state index < -0.39 is 0 Å². The monoisotopic (exact) mass is 450 g/mol. The zero-order valence-electron chi connectivity index (χ0n) is 17.8. The Morgan fingerprint density at radius 3 is 2.64 bits per heavy atom. The summed E-state index contributed by atoms with van der Waals surface area (Å²) in [6.07, 6.45) is 5.60. The second-order valence-corrected chi connectivity index (χ2v) is 9.82. The Bertz CT molecular complexity index is 1670. The molecule has 1 aliphatic carbocycles. The first kappa shape index (κ1) is 18.8. The highest BCUT2D eigenvalue weighted by Gasteiger charge is 2.52. The van der Waals surface area contributed by atoms with E-state index in [1.807, 2.05) is 36.5 Å². The van der Waals surface area contributed by atoms with Gasteiger partial charge in [-0.15, -0.1) is 10.2 Å². The normalized spacial score (nSPS) is 14.9. The summed E-state index contributed by atoms with van der Waals surface area (Å²) in [4.78, 5) is 9.08. The van der Waals surface area contributed by atoms with Gasteiger partial charge in [0.25, 0.3) is 0 Å². The number of nitrogens with zero attached hydrogens (tertiary/aromatic N) is 6. The molecule has 7 nitrogen and oxygen atoms in total. The number of aromatic nitrogens is 6. The molecule has 0 amide bonds. The molecule has 0 bridgehead atoms. The molecule has 1 saturated carbocycles. The molecule has 0 saturated heterocycles. The van der Waals surface area contributed by atoms with Gasteiger partial charge in [0.05, 0.1) is 5.52 Å². The molecule has 4 aromatic heterocycles. The highest BCUT2D eigenvalue weighted by atomic mass is 32.2. The van der Waals surface area contributed by atoms with Gasteiger partial charge >= 0.3 is 0 Å². The van der Waals surface area contributed by atoms with Crippen LogP contribution in [0.2, 0.25) is 0 Å². The molecule has 8 heteroatoms. The zero-order chi connectivity index (χ0) is 22.0. The van der Waals surface area contributed by atoms with E-state index in [2.05, 4.69) is 55.9 Å². The predicted octanol–water partition coefficient (Wildman–Crippen LogP) is 5.57. The van der Waals surface area contributed by atoms with Crippen LogP contribution in [0.1, 0.15) is 24.3 Å². The predicted molar refractivity (Wildman–Crippen MR) is 127 cm³/mol. The summed E-state index contributed by atoms with van der Waals surface area (Å²) in [5.41, 5.74) is 4.04. The Hall–Kier alpha value is -3.78. The Morgan fingerprint density at radius 1 is 0.939 bits per heavy atom. The minimum Gasteiger partial charge on any atom is -0.337 e. The Kier molecular flexibility index (Phi) is 3.90. The van der Waals surface area contributed by atoms with Crippen LogP contribution < -0.4 is 0 Å². The van der Waals surface area contributed by atoms with Gasteiger partial charge in [0.15, 0.2) is 10.8 Å². The summed E-state index contributed by atoms with van der Waals surface area (Å²) in [7, 11) is 0. The number of rotatable bonds is 4. The van der Waals surface area contributed by atoms with Gasteiger partial charge in [0, 0.05) is 34.1 Å². The Labute approximate surface area is 192 Å². The van der Waals surface area contributed by atoms with Crippen LogP contribution in [0.3, 0.4) is 0 Å². The fourth-order valence-corrected chi connectivity index (χ4v) is 5.49. The molecule has 0 aliphatic heterocycles. The third-order valence-electron chi connectivity index (χ3n) is 6.25. The van der Waals surface area contributed by atoms with Crippen LogP contribution in [0.25, 0.3) is 38.7 Å². The molecule has 0 radical (unpaired) electrons. The largest absolute Gasteiger partial charge is 0.337 e. The standard InChI is InChI=1S/C25H18N6OS/c1-15-6-8-16(9-7-15)21-27-23(32-30-21)25(11-12-25)33-24-29-28-22-18-10-13-26-14-19(18)17-4-2-3-5-20(17)31(22)24/h2-10,13-14H,11-12H2,1H3. The molecular weight excluding hydrogens is 432 g/mol. The molecule has 33 heavy (non-hydrogen) atoms. The summed E-state index contributed by atoms with van der Waals surface area (Å²) < 4.78 is 7.62. The Morgan fingerprint density at radius 2 is 1.79 bits per heavy atom. The molecule has 160 valence electrons. The van der Waals surface area contributed by atoms with Crippen LogP contribution in [-0.2, 0) is 4.75 Å². The molecule has 1 aliphatic rings. The average Bonchev–Trinajstić information content (AvgIpc) is 3.26. The number of hydrogen-bond donors (Lipinski definition) is 0. The maximum atomic E-state index is 5.75. The molecule has 4 heterocycles. The van der Waals surface area contributed by atoms with Crippen molar-refractivity contribution in [1.82, 2.24) is 29.7 Å². The van der Waals surface area contributed by atoms with Gasteiger partial charge < -0.3 is 4.52 Å². The third kappa shape index (κ3) is 2.87. The zero-order valence-corrected chi connectivity index (χ0v) is 18.6. The number of fused-ring (bicyclic) bond motifs is 6. The Balaban J connectivity index is 1.34. The van der Waals surface area contributed by atoms with Gasteiger partial charge in [-0.3, -0.25) is 9.38 Å². The lowest BCUT2D eigenvalue weighted by atomic mass is 10.1. The van der Waals surface area contributed by atoms with Crippen molar-refractivity contribution in [3.8, 4) is 11.4 Å². The lowest BCUT2D eigenvalue weighted by Gasteiger charge is -2.11. The maximum Gasteiger partial charge on any atom is 0.243 e. The van der Waals surface area contributed by atoms with Crippen LogP contribution in [0.15, 0.2) is 76.7 Å². The van der Waals surface area contributed by atoms with Crippen LogP contribution in [0, 0.1) is 6.92 Å². The second-order valence-electron chi connectivity index (χ2n) is 8.47. The second kappa shape index (κ2) is 6.86. The molecule has 7 rings (SSSR count). The van der Waals surface area contributed by atoms with Crippen molar-refractivity contribution in [3.05, 3.63) is 78.4 Å². The molecule has 2 aromatic carbocycles. The maximum absolute atomic E-state index is 5.75. The van der Waals surface area contributed by atoms with E-state index in [1.54, 1.807) is 18.0 Å². The van der Waals surface area contributed by atoms with Crippen molar-refractivity contribution in [2.75, 3.05) is 0 Å². The van der Waals surface area contributed by atoms with Crippen molar-refractivity contribution in [1.29, 1.82) is 0 Å². The van der Waals surface area contributed by atoms with Crippen molar-refractivity contribution >= 4 is 39.1 Å². The molecule has 0 spiro atoms. The van der Waals surface area contributed by atoms with Crippen molar-refractivity contribution in [2.45, 2.75) is 29.7 Å². The lowest BCUT2D eigenvalue weighted by Crippen LogP contribution is -2.03. The van der Waals surface area contributed by atoms with Gasteiger partial charge in [-0.2, -0.15) is 4.98 Å². The molecule has 0 atom stereocenters. The fraction of sp³-hybridized carbons (Fsp3) is 0.160.